The standard InChI is InChI=1S/C11H24N2O2/c1-4-10(7-8-12)13(2)9-5-6-11(14)15-3/h10H,4-9,12H2,1-3H3. The van der Waals surface area contributed by atoms with Crippen molar-refractivity contribution in [3.05, 3.63) is 0 Å². The summed E-state index contributed by atoms with van der Waals surface area (Å²) in [4.78, 5) is 13.2. The average Bonchev–Trinajstić information content (AvgIpc) is 2.25. The maximum atomic E-state index is 10.9. The summed E-state index contributed by atoms with van der Waals surface area (Å²) in [7, 11) is 3.51. The summed E-state index contributed by atoms with van der Waals surface area (Å²) in [5.74, 6) is -0.129. The lowest BCUT2D eigenvalue weighted by atomic mass is 10.1. The van der Waals surface area contributed by atoms with Crippen LogP contribution in [0.3, 0.4) is 0 Å². The average molecular weight is 216 g/mol. The van der Waals surface area contributed by atoms with Gasteiger partial charge in [0.15, 0.2) is 0 Å². The maximum absolute atomic E-state index is 10.9. The van der Waals surface area contributed by atoms with Gasteiger partial charge in [0, 0.05) is 12.5 Å². The van der Waals surface area contributed by atoms with Crippen molar-refractivity contribution in [1.29, 1.82) is 0 Å². The van der Waals surface area contributed by atoms with E-state index < -0.39 is 0 Å². The molecule has 4 nitrogen and oxygen atoms in total. The molecule has 0 aromatic rings. The Morgan fingerprint density at radius 2 is 2.20 bits per heavy atom. The molecule has 0 heterocycles. The Hall–Kier alpha value is -0.610. The topological polar surface area (TPSA) is 55.6 Å². The van der Waals surface area contributed by atoms with Gasteiger partial charge in [-0.3, -0.25) is 4.79 Å². The van der Waals surface area contributed by atoms with Crippen LogP contribution < -0.4 is 5.73 Å². The lowest BCUT2D eigenvalue weighted by Gasteiger charge is -2.26. The molecule has 0 amide bonds. The second kappa shape index (κ2) is 8.68. The van der Waals surface area contributed by atoms with E-state index in [4.69, 9.17) is 5.73 Å². The first-order valence-electron chi connectivity index (χ1n) is 5.62. The monoisotopic (exact) mass is 216 g/mol. The lowest BCUT2D eigenvalue weighted by molar-refractivity contribution is -0.140. The minimum Gasteiger partial charge on any atom is -0.469 e. The number of rotatable bonds is 8. The molecule has 0 aromatic heterocycles. The number of carbonyl (C=O) groups is 1. The van der Waals surface area contributed by atoms with E-state index in [-0.39, 0.29) is 5.97 Å². The summed E-state index contributed by atoms with van der Waals surface area (Å²) in [6.07, 6.45) is 3.47. The van der Waals surface area contributed by atoms with Gasteiger partial charge < -0.3 is 15.4 Å². The van der Waals surface area contributed by atoms with E-state index in [1.807, 2.05) is 0 Å². The second-order valence-electron chi connectivity index (χ2n) is 3.80. The number of ether oxygens (including phenoxy) is 1. The van der Waals surface area contributed by atoms with Crippen LogP contribution >= 0.6 is 0 Å². The third-order valence-electron chi connectivity index (χ3n) is 2.71. The van der Waals surface area contributed by atoms with E-state index in [1.165, 1.54) is 7.11 Å². The first-order valence-corrected chi connectivity index (χ1v) is 5.62. The number of hydrogen-bond donors (Lipinski definition) is 1. The van der Waals surface area contributed by atoms with Crippen molar-refractivity contribution in [3.8, 4) is 0 Å². The molecule has 1 unspecified atom stereocenters. The van der Waals surface area contributed by atoms with Gasteiger partial charge >= 0.3 is 5.97 Å². The van der Waals surface area contributed by atoms with Crippen LogP contribution in [0.2, 0.25) is 0 Å². The van der Waals surface area contributed by atoms with Crippen molar-refractivity contribution in [2.45, 2.75) is 38.6 Å². The van der Waals surface area contributed by atoms with Crippen LogP contribution in [0.1, 0.15) is 32.6 Å². The molecule has 4 heteroatoms. The molecule has 0 aliphatic rings. The zero-order valence-corrected chi connectivity index (χ0v) is 10.2. The molecule has 2 N–H and O–H groups in total. The largest absolute Gasteiger partial charge is 0.469 e. The van der Waals surface area contributed by atoms with Crippen LogP contribution in [0.4, 0.5) is 0 Å². The fourth-order valence-electron chi connectivity index (χ4n) is 1.69. The first kappa shape index (κ1) is 14.4. The predicted molar refractivity (Wildman–Crippen MR) is 61.6 cm³/mol. The normalized spacial score (nSPS) is 12.9. The van der Waals surface area contributed by atoms with Crippen LogP contribution in [0.15, 0.2) is 0 Å². The molecule has 0 saturated carbocycles. The Labute approximate surface area is 92.8 Å². The van der Waals surface area contributed by atoms with Crippen molar-refractivity contribution >= 4 is 5.97 Å². The van der Waals surface area contributed by atoms with E-state index >= 15 is 0 Å². The molecule has 0 aliphatic heterocycles. The van der Waals surface area contributed by atoms with Crippen LogP contribution in [0.25, 0.3) is 0 Å². The van der Waals surface area contributed by atoms with Gasteiger partial charge in [-0.1, -0.05) is 6.92 Å². The highest BCUT2D eigenvalue weighted by Gasteiger charge is 2.11. The third-order valence-corrected chi connectivity index (χ3v) is 2.71. The Bertz CT molecular complexity index is 174. The number of carbonyl (C=O) groups excluding carboxylic acids is 1. The fraction of sp³-hybridized carbons (Fsp3) is 0.909. The summed E-state index contributed by atoms with van der Waals surface area (Å²) in [6.45, 7) is 3.81. The molecule has 90 valence electrons. The lowest BCUT2D eigenvalue weighted by Crippen LogP contribution is -2.34. The van der Waals surface area contributed by atoms with Gasteiger partial charge in [-0.15, -0.1) is 0 Å². The Morgan fingerprint density at radius 3 is 2.67 bits per heavy atom. The molecule has 0 saturated heterocycles. The first-order chi connectivity index (χ1) is 7.15. The van der Waals surface area contributed by atoms with E-state index in [0.717, 1.165) is 32.4 Å². The molecule has 0 fully saturated rings. The van der Waals surface area contributed by atoms with Gasteiger partial charge in [0.2, 0.25) is 0 Å². The molecular weight excluding hydrogens is 192 g/mol. The zero-order valence-electron chi connectivity index (χ0n) is 10.2. The molecule has 0 aromatic carbocycles. The molecule has 0 spiro atoms. The highest BCUT2D eigenvalue weighted by atomic mass is 16.5. The van der Waals surface area contributed by atoms with Crippen LogP contribution in [-0.2, 0) is 9.53 Å². The summed E-state index contributed by atoms with van der Waals surface area (Å²) >= 11 is 0. The molecular formula is C11H24N2O2. The van der Waals surface area contributed by atoms with E-state index in [9.17, 15) is 4.79 Å². The predicted octanol–water partition coefficient (Wildman–Crippen LogP) is 0.999. The maximum Gasteiger partial charge on any atom is 0.305 e. The van der Waals surface area contributed by atoms with Gasteiger partial charge in [-0.2, -0.15) is 0 Å². The van der Waals surface area contributed by atoms with E-state index in [1.54, 1.807) is 0 Å². The summed E-state index contributed by atoms with van der Waals surface area (Å²) in [6, 6.07) is 0.535. The molecule has 15 heavy (non-hydrogen) atoms. The van der Waals surface area contributed by atoms with Crippen LogP contribution in [0, 0.1) is 0 Å². The van der Waals surface area contributed by atoms with Crippen molar-refractivity contribution in [3.63, 3.8) is 0 Å². The molecule has 1 atom stereocenters. The number of nitrogens with two attached hydrogens (primary N) is 1. The Balaban J connectivity index is 3.70. The fourth-order valence-corrected chi connectivity index (χ4v) is 1.69. The highest BCUT2D eigenvalue weighted by Crippen LogP contribution is 2.07. The van der Waals surface area contributed by atoms with Crippen LogP contribution in [0.5, 0.6) is 0 Å². The molecule has 0 rings (SSSR count). The quantitative estimate of drug-likeness (QED) is 0.615. The van der Waals surface area contributed by atoms with E-state index in [0.29, 0.717) is 12.5 Å². The highest BCUT2D eigenvalue weighted by molar-refractivity contribution is 5.69. The minimum atomic E-state index is -0.129. The van der Waals surface area contributed by atoms with E-state index in [2.05, 4.69) is 23.6 Å². The Kier molecular flexibility index (Phi) is 8.33. The van der Waals surface area contributed by atoms with Crippen molar-refractivity contribution in [1.82, 2.24) is 4.90 Å². The minimum absolute atomic E-state index is 0.129. The summed E-state index contributed by atoms with van der Waals surface area (Å²) in [5, 5.41) is 0. The van der Waals surface area contributed by atoms with Crippen molar-refractivity contribution in [2.75, 3.05) is 27.2 Å². The van der Waals surface area contributed by atoms with Gasteiger partial charge in [0.25, 0.3) is 0 Å². The van der Waals surface area contributed by atoms with Crippen molar-refractivity contribution in [2.24, 2.45) is 5.73 Å². The van der Waals surface area contributed by atoms with Gasteiger partial charge in [0.1, 0.15) is 0 Å². The van der Waals surface area contributed by atoms with Gasteiger partial charge in [0.05, 0.1) is 7.11 Å². The number of methoxy groups -OCH3 is 1. The third kappa shape index (κ3) is 6.47. The molecule has 0 aliphatic carbocycles. The summed E-state index contributed by atoms with van der Waals surface area (Å²) < 4.78 is 4.59. The number of esters is 1. The number of hydrogen-bond acceptors (Lipinski definition) is 4. The van der Waals surface area contributed by atoms with Crippen LogP contribution in [-0.4, -0.2) is 44.2 Å². The molecule has 0 radical (unpaired) electrons. The Morgan fingerprint density at radius 1 is 1.53 bits per heavy atom. The smallest absolute Gasteiger partial charge is 0.305 e. The molecule has 0 bridgehead atoms. The second-order valence-corrected chi connectivity index (χ2v) is 3.80. The summed E-state index contributed by atoms with van der Waals surface area (Å²) in [5.41, 5.74) is 5.54. The van der Waals surface area contributed by atoms with Crippen molar-refractivity contribution < 1.29 is 9.53 Å². The number of nitrogens with zero attached hydrogens (tertiary/aromatic N) is 1. The SMILES string of the molecule is CCC(CCN)N(C)CCCC(=O)OC. The zero-order chi connectivity index (χ0) is 11.7. The van der Waals surface area contributed by atoms with Gasteiger partial charge in [-0.25, -0.2) is 0 Å². The van der Waals surface area contributed by atoms with Gasteiger partial charge in [-0.05, 0) is 39.4 Å².